The molecule has 100 valence electrons. The fraction of sp³-hybridized carbons (Fsp3) is 0.545. The molecule has 1 fully saturated rings. The maximum atomic E-state index is 13.4. The molecule has 2 rings (SSSR count). The molecule has 5 nitrogen and oxygen atoms in total. The number of likely N-dealkylation sites (tertiary alicyclic amines) is 1. The first kappa shape index (κ1) is 13.4. The van der Waals surface area contributed by atoms with Gasteiger partial charge in [0.25, 0.3) is 10.0 Å². The van der Waals surface area contributed by atoms with Gasteiger partial charge in [-0.05, 0) is 45.1 Å². The van der Waals surface area contributed by atoms with Gasteiger partial charge in [0.15, 0.2) is 5.82 Å². The Kier molecular flexibility index (Phi) is 3.94. The average Bonchev–Trinajstić information content (AvgIpc) is 2.32. The fourth-order valence-corrected chi connectivity index (χ4v) is 3.28. The minimum atomic E-state index is -3.86. The molecule has 0 amide bonds. The normalized spacial score (nSPS) is 19.0. The molecule has 1 aliphatic rings. The van der Waals surface area contributed by atoms with Crippen molar-refractivity contribution in [3.8, 4) is 0 Å². The SMILES string of the molecule is CN1CCC(NS(=O)(=O)c2ncccc2F)CC1. The lowest BCUT2D eigenvalue weighted by Gasteiger charge is -2.29. The Morgan fingerprint density at radius 1 is 1.44 bits per heavy atom. The van der Waals surface area contributed by atoms with E-state index in [0.717, 1.165) is 32.0 Å². The van der Waals surface area contributed by atoms with Gasteiger partial charge in [0.05, 0.1) is 0 Å². The van der Waals surface area contributed by atoms with Gasteiger partial charge in [-0.2, -0.15) is 0 Å². The van der Waals surface area contributed by atoms with Crippen LogP contribution in [-0.2, 0) is 10.0 Å². The highest BCUT2D eigenvalue weighted by Gasteiger charge is 2.26. The summed E-state index contributed by atoms with van der Waals surface area (Å²) in [6, 6.07) is 2.31. The second kappa shape index (κ2) is 5.29. The predicted molar refractivity (Wildman–Crippen MR) is 65.0 cm³/mol. The van der Waals surface area contributed by atoms with Crippen LogP contribution in [-0.4, -0.2) is 44.5 Å². The molecule has 0 unspecified atom stereocenters. The number of nitrogens with zero attached hydrogens (tertiary/aromatic N) is 2. The lowest BCUT2D eigenvalue weighted by Crippen LogP contribution is -2.43. The number of sulfonamides is 1. The van der Waals surface area contributed by atoms with Gasteiger partial charge < -0.3 is 4.90 Å². The molecule has 18 heavy (non-hydrogen) atoms. The first-order chi connectivity index (χ1) is 8.49. The minimum Gasteiger partial charge on any atom is -0.306 e. The monoisotopic (exact) mass is 273 g/mol. The summed E-state index contributed by atoms with van der Waals surface area (Å²) < 4.78 is 39.9. The van der Waals surface area contributed by atoms with Crippen molar-refractivity contribution in [2.75, 3.05) is 20.1 Å². The highest BCUT2D eigenvalue weighted by molar-refractivity contribution is 7.89. The number of rotatable bonds is 3. The van der Waals surface area contributed by atoms with Crippen molar-refractivity contribution in [1.29, 1.82) is 0 Å². The zero-order valence-electron chi connectivity index (χ0n) is 10.1. The Labute approximate surface area is 106 Å². The third-order valence-corrected chi connectivity index (χ3v) is 4.47. The lowest BCUT2D eigenvalue weighted by atomic mass is 10.1. The van der Waals surface area contributed by atoms with Gasteiger partial charge in [0, 0.05) is 12.2 Å². The van der Waals surface area contributed by atoms with Crippen molar-refractivity contribution in [3.05, 3.63) is 24.1 Å². The molecule has 2 heterocycles. The first-order valence-electron chi connectivity index (χ1n) is 5.80. The molecular formula is C11H16FN3O2S. The van der Waals surface area contributed by atoms with E-state index in [1.54, 1.807) is 0 Å². The summed E-state index contributed by atoms with van der Waals surface area (Å²) in [4.78, 5) is 5.73. The maximum Gasteiger partial charge on any atom is 0.261 e. The standard InChI is InChI=1S/C11H16FN3O2S/c1-15-7-4-9(5-8-15)14-18(16,17)11-10(12)3-2-6-13-11/h2-3,6,9,14H,4-5,7-8H2,1H3. The summed E-state index contributed by atoms with van der Waals surface area (Å²) in [7, 11) is -1.87. The number of halogens is 1. The van der Waals surface area contributed by atoms with E-state index in [1.807, 2.05) is 7.05 Å². The highest BCUT2D eigenvalue weighted by atomic mass is 32.2. The van der Waals surface area contributed by atoms with E-state index in [2.05, 4.69) is 14.6 Å². The largest absolute Gasteiger partial charge is 0.306 e. The molecule has 0 bridgehead atoms. The summed E-state index contributed by atoms with van der Waals surface area (Å²) in [6.07, 6.45) is 2.72. The molecule has 0 radical (unpaired) electrons. The molecule has 7 heteroatoms. The van der Waals surface area contributed by atoms with Crippen LogP contribution >= 0.6 is 0 Å². The third-order valence-electron chi connectivity index (χ3n) is 3.02. The van der Waals surface area contributed by atoms with Crippen LogP contribution in [0.15, 0.2) is 23.4 Å². The lowest BCUT2D eigenvalue weighted by molar-refractivity contribution is 0.248. The van der Waals surface area contributed by atoms with E-state index in [0.29, 0.717) is 0 Å². The van der Waals surface area contributed by atoms with E-state index < -0.39 is 20.9 Å². The van der Waals surface area contributed by atoms with Crippen LogP contribution in [0, 0.1) is 5.82 Å². The summed E-state index contributed by atoms with van der Waals surface area (Å²) in [6.45, 7) is 1.66. The van der Waals surface area contributed by atoms with Crippen LogP contribution in [0.5, 0.6) is 0 Å². The molecule has 1 aromatic heterocycles. The van der Waals surface area contributed by atoms with Crippen LogP contribution < -0.4 is 4.72 Å². The molecule has 1 N–H and O–H groups in total. The molecule has 0 aliphatic carbocycles. The van der Waals surface area contributed by atoms with Crippen molar-refractivity contribution >= 4 is 10.0 Å². The van der Waals surface area contributed by atoms with Crippen molar-refractivity contribution in [2.45, 2.75) is 23.9 Å². The zero-order chi connectivity index (χ0) is 13.2. The molecular weight excluding hydrogens is 257 g/mol. The second-order valence-electron chi connectivity index (χ2n) is 4.49. The Morgan fingerprint density at radius 2 is 2.11 bits per heavy atom. The van der Waals surface area contributed by atoms with E-state index in [-0.39, 0.29) is 6.04 Å². The van der Waals surface area contributed by atoms with Crippen LogP contribution in [0.25, 0.3) is 0 Å². The number of nitrogens with one attached hydrogen (secondary N) is 1. The Balaban J connectivity index is 2.11. The Bertz CT molecular complexity index is 513. The summed E-state index contributed by atoms with van der Waals surface area (Å²) in [5.74, 6) is -0.821. The van der Waals surface area contributed by atoms with Crippen molar-refractivity contribution in [3.63, 3.8) is 0 Å². The summed E-state index contributed by atoms with van der Waals surface area (Å²) in [5.41, 5.74) is 0. The number of piperidine rings is 1. The minimum absolute atomic E-state index is 0.146. The van der Waals surface area contributed by atoms with Gasteiger partial charge in [0.1, 0.15) is 0 Å². The van der Waals surface area contributed by atoms with Crippen molar-refractivity contribution in [1.82, 2.24) is 14.6 Å². The molecule has 0 atom stereocenters. The highest BCUT2D eigenvalue weighted by Crippen LogP contribution is 2.14. The molecule has 1 aromatic rings. The first-order valence-corrected chi connectivity index (χ1v) is 7.29. The topological polar surface area (TPSA) is 62.3 Å². The number of hydrogen-bond donors (Lipinski definition) is 1. The molecule has 1 aliphatic heterocycles. The van der Waals surface area contributed by atoms with Crippen LogP contribution in [0.3, 0.4) is 0 Å². The number of hydrogen-bond acceptors (Lipinski definition) is 4. The van der Waals surface area contributed by atoms with Crippen LogP contribution in [0.2, 0.25) is 0 Å². The van der Waals surface area contributed by atoms with Gasteiger partial charge in [-0.15, -0.1) is 0 Å². The van der Waals surface area contributed by atoms with Gasteiger partial charge in [-0.25, -0.2) is 22.5 Å². The van der Waals surface area contributed by atoms with E-state index in [4.69, 9.17) is 0 Å². The summed E-state index contributed by atoms with van der Waals surface area (Å²) in [5, 5.41) is -0.524. The summed E-state index contributed by atoms with van der Waals surface area (Å²) >= 11 is 0. The molecule has 0 aromatic carbocycles. The van der Waals surface area contributed by atoms with E-state index in [1.165, 1.54) is 12.3 Å². The predicted octanol–water partition coefficient (Wildman–Crippen LogP) is 0.593. The zero-order valence-corrected chi connectivity index (χ0v) is 11.0. The fourth-order valence-electron chi connectivity index (χ4n) is 1.97. The maximum absolute atomic E-state index is 13.4. The Morgan fingerprint density at radius 3 is 2.72 bits per heavy atom. The van der Waals surface area contributed by atoms with Crippen molar-refractivity contribution < 1.29 is 12.8 Å². The Hall–Kier alpha value is -1.05. The molecule has 1 saturated heterocycles. The average molecular weight is 273 g/mol. The number of pyridine rings is 1. The number of aromatic nitrogens is 1. The van der Waals surface area contributed by atoms with E-state index >= 15 is 0 Å². The second-order valence-corrected chi connectivity index (χ2v) is 6.12. The van der Waals surface area contributed by atoms with Gasteiger partial charge in [-0.1, -0.05) is 0 Å². The van der Waals surface area contributed by atoms with Crippen LogP contribution in [0.4, 0.5) is 4.39 Å². The third kappa shape index (κ3) is 3.04. The van der Waals surface area contributed by atoms with Crippen molar-refractivity contribution in [2.24, 2.45) is 0 Å². The van der Waals surface area contributed by atoms with Gasteiger partial charge in [-0.3, -0.25) is 0 Å². The van der Waals surface area contributed by atoms with Gasteiger partial charge >= 0.3 is 0 Å². The quantitative estimate of drug-likeness (QED) is 0.875. The molecule has 0 saturated carbocycles. The van der Waals surface area contributed by atoms with Crippen LogP contribution in [0.1, 0.15) is 12.8 Å². The van der Waals surface area contributed by atoms with Gasteiger partial charge in [0.2, 0.25) is 5.03 Å². The smallest absolute Gasteiger partial charge is 0.261 e. The van der Waals surface area contributed by atoms with E-state index in [9.17, 15) is 12.8 Å². The molecule has 0 spiro atoms.